The Labute approximate surface area is 72.1 Å². The molecule has 3 nitrogen and oxygen atoms in total. The maximum absolute atomic E-state index is 2.57. The Bertz CT molecular complexity index is 107. The zero-order valence-corrected chi connectivity index (χ0v) is 9.05. The van der Waals surface area contributed by atoms with E-state index in [1.807, 2.05) is 0 Å². The van der Waals surface area contributed by atoms with Crippen molar-refractivity contribution in [1.82, 2.24) is 14.7 Å². The van der Waals surface area contributed by atoms with Crippen LogP contribution in [0.25, 0.3) is 0 Å². The second-order valence-electron chi connectivity index (χ2n) is 3.53. The molecule has 4 fully saturated rings. The summed E-state index contributed by atoms with van der Waals surface area (Å²) in [6, 6.07) is 0. The van der Waals surface area contributed by atoms with Crippen LogP contribution >= 0.6 is 17.8 Å². The average molecular weight is 191 g/mol. The predicted molar refractivity (Wildman–Crippen MR) is 52.7 cm³/mol. The minimum absolute atomic E-state index is 0. The highest BCUT2D eigenvalue weighted by Crippen LogP contribution is 2.46. The van der Waals surface area contributed by atoms with E-state index in [0.29, 0.717) is 7.92 Å². The van der Waals surface area contributed by atoms with E-state index >= 15 is 0 Å². The number of rotatable bonds is 0. The average Bonchev–Trinajstić information content (AvgIpc) is 1.82. The molecule has 0 aliphatic carbocycles. The molecule has 4 aliphatic rings. The molecule has 0 saturated carbocycles. The summed E-state index contributed by atoms with van der Waals surface area (Å²) < 4.78 is 0. The van der Waals surface area contributed by atoms with E-state index in [0.717, 1.165) is 0 Å². The standard InChI is InChI=1S/C6H12N3P.H3P/c1-7-2-9-3-8(1)5-10(4-7)6-9;/h1-6H2;1H3. The second-order valence-corrected chi connectivity index (χ2v) is 5.72. The minimum atomic E-state index is 0. The summed E-state index contributed by atoms with van der Waals surface area (Å²) >= 11 is 0. The second kappa shape index (κ2) is 2.90. The maximum Gasteiger partial charge on any atom is 0.0537 e. The predicted octanol–water partition coefficient (Wildman–Crippen LogP) is 0.218. The first-order chi connectivity index (χ1) is 4.90. The van der Waals surface area contributed by atoms with E-state index in [1.165, 1.54) is 38.9 Å². The summed E-state index contributed by atoms with van der Waals surface area (Å²) in [5.74, 6) is 0. The highest BCUT2D eigenvalue weighted by Gasteiger charge is 2.37. The van der Waals surface area contributed by atoms with Gasteiger partial charge in [0.2, 0.25) is 0 Å². The highest BCUT2D eigenvalue weighted by atomic mass is 31.1. The van der Waals surface area contributed by atoms with Gasteiger partial charge in [-0.15, -0.1) is 0 Å². The van der Waals surface area contributed by atoms with Gasteiger partial charge in [0.25, 0.3) is 0 Å². The first kappa shape index (κ1) is 8.34. The lowest BCUT2D eigenvalue weighted by atomic mass is 10.5. The third kappa shape index (κ3) is 1.34. The van der Waals surface area contributed by atoms with Crippen molar-refractivity contribution in [1.29, 1.82) is 0 Å². The van der Waals surface area contributed by atoms with Crippen LogP contribution in [0.1, 0.15) is 0 Å². The topological polar surface area (TPSA) is 9.72 Å². The largest absolute Gasteiger partial charge is 0.273 e. The fourth-order valence-corrected chi connectivity index (χ4v) is 4.74. The van der Waals surface area contributed by atoms with Gasteiger partial charge in [0.05, 0.1) is 20.0 Å². The lowest BCUT2D eigenvalue weighted by Gasteiger charge is -2.54. The van der Waals surface area contributed by atoms with Crippen molar-refractivity contribution in [2.75, 3.05) is 38.9 Å². The summed E-state index contributed by atoms with van der Waals surface area (Å²) in [7, 11) is 0.366. The minimum Gasteiger partial charge on any atom is -0.273 e. The first-order valence-corrected chi connectivity index (χ1v) is 5.69. The van der Waals surface area contributed by atoms with Crippen molar-refractivity contribution in [2.24, 2.45) is 0 Å². The van der Waals surface area contributed by atoms with Crippen molar-refractivity contribution in [2.45, 2.75) is 0 Å². The van der Waals surface area contributed by atoms with Crippen LogP contribution < -0.4 is 0 Å². The molecule has 0 aromatic rings. The molecule has 64 valence electrons. The highest BCUT2D eigenvalue weighted by molar-refractivity contribution is 7.57. The number of hydrogen-bond donors (Lipinski definition) is 0. The van der Waals surface area contributed by atoms with Gasteiger partial charge < -0.3 is 0 Å². The van der Waals surface area contributed by atoms with Crippen molar-refractivity contribution in [3.63, 3.8) is 0 Å². The van der Waals surface area contributed by atoms with E-state index in [4.69, 9.17) is 0 Å². The normalized spacial score (nSPS) is 52.4. The molecule has 0 N–H and O–H groups in total. The molecule has 0 aromatic heterocycles. The monoisotopic (exact) mass is 191 g/mol. The van der Waals surface area contributed by atoms with E-state index in [-0.39, 0.29) is 9.90 Å². The summed E-state index contributed by atoms with van der Waals surface area (Å²) in [5.41, 5.74) is 0. The SMILES string of the molecule is C1N2CN3CN1CP(C2)C3.P. The molecule has 4 aliphatic heterocycles. The zero-order valence-electron chi connectivity index (χ0n) is 6.74. The van der Waals surface area contributed by atoms with Crippen LogP contribution in [0.15, 0.2) is 0 Å². The van der Waals surface area contributed by atoms with Gasteiger partial charge in [0.1, 0.15) is 0 Å². The molecule has 4 heterocycles. The van der Waals surface area contributed by atoms with Crippen LogP contribution in [0, 0.1) is 0 Å². The van der Waals surface area contributed by atoms with Crippen molar-refractivity contribution in [3.05, 3.63) is 0 Å². The Morgan fingerprint density at radius 3 is 1.36 bits per heavy atom. The fraction of sp³-hybridized carbons (Fsp3) is 1.00. The van der Waals surface area contributed by atoms with E-state index in [9.17, 15) is 0 Å². The van der Waals surface area contributed by atoms with Gasteiger partial charge >= 0.3 is 0 Å². The maximum atomic E-state index is 2.57. The molecule has 11 heavy (non-hydrogen) atoms. The summed E-state index contributed by atoms with van der Waals surface area (Å²) in [6.45, 7) is 3.74. The van der Waals surface area contributed by atoms with Crippen LogP contribution in [0.2, 0.25) is 0 Å². The summed E-state index contributed by atoms with van der Waals surface area (Å²) in [4.78, 5) is 7.71. The van der Waals surface area contributed by atoms with Crippen LogP contribution in [0.3, 0.4) is 0 Å². The quantitative estimate of drug-likeness (QED) is 0.507. The molecule has 1 atom stereocenters. The molecule has 0 aromatic carbocycles. The van der Waals surface area contributed by atoms with E-state index < -0.39 is 0 Å². The van der Waals surface area contributed by atoms with Gasteiger partial charge in [-0.25, -0.2) is 0 Å². The van der Waals surface area contributed by atoms with Gasteiger partial charge in [-0.05, 0) is 0 Å². The van der Waals surface area contributed by atoms with Crippen LogP contribution in [-0.4, -0.2) is 53.6 Å². The lowest BCUT2D eigenvalue weighted by molar-refractivity contribution is -0.0250. The molecule has 0 radical (unpaired) electrons. The third-order valence-electron chi connectivity index (χ3n) is 2.40. The molecule has 4 saturated heterocycles. The van der Waals surface area contributed by atoms with Crippen molar-refractivity contribution < 1.29 is 0 Å². The van der Waals surface area contributed by atoms with Gasteiger partial charge in [-0.1, -0.05) is 7.92 Å². The summed E-state index contributed by atoms with van der Waals surface area (Å²) in [6.07, 6.45) is 4.26. The molecule has 4 bridgehead atoms. The zero-order chi connectivity index (χ0) is 6.55. The Hall–Kier alpha value is 0.740. The Balaban J connectivity index is 0.000000480. The summed E-state index contributed by atoms with van der Waals surface area (Å²) in [5, 5.41) is 0. The Morgan fingerprint density at radius 2 is 1.09 bits per heavy atom. The van der Waals surface area contributed by atoms with E-state index in [1.54, 1.807) is 0 Å². The molecule has 0 spiro atoms. The molecule has 1 unspecified atom stereocenters. The van der Waals surface area contributed by atoms with Gasteiger partial charge in [0, 0.05) is 18.9 Å². The van der Waals surface area contributed by atoms with Crippen molar-refractivity contribution >= 4 is 17.8 Å². The first-order valence-electron chi connectivity index (χ1n) is 3.79. The smallest absolute Gasteiger partial charge is 0.0537 e. The Morgan fingerprint density at radius 1 is 0.727 bits per heavy atom. The Kier molecular flexibility index (Phi) is 2.20. The molecular formula is C6H15N3P2. The van der Waals surface area contributed by atoms with Gasteiger partial charge in [-0.3, -0.25) is 14.7 Å². The molecule has 0 amide bonds. The number of nitrogens with zero attached hydrogens (tertiary/aromatic N) is 3. The molecular weight excluding hydrogens is 176 g/mol. The lowest BCUT2D eigenvalue weighted by Crippen LogP contribution is -2.62. The van der Waals surface area contributed by atoms with Gasteiger partial charge in [-0.2, -0.15) is 9.90 Å². The fourth-order valence-electron chi connectivity index (χ4n) is 2.23. The van der Waals surface area contributed by atoms with Crippen LogP contribution in [-0.2, 0) is 0 Å². The molecule has 4 rings (SSSR count). The van der Waals surface area contributed by atoms with Gasteiger partial charge in [0.15, 0.2) is 0 Å². The van der Waals surface area contributed by atoms with Crippen molar-refractivity contribution in [3.8, 4) is 0 Å². The third-order valence-corrected chi connectivity index (χ3v) is 4.80. The van der Waals surface area contributed by atoms with E-state index in [2.05, 4.69) is 14.7 Å². The number of hydrogen-bond acceptors (Lipinski definition) is 3. The van der Waals surface area contributed by atoms with Crippen LogP contribution in [0.4, 0.5) is 0 Å². The van der Waals surface area contributed by atoms with Crippen LogP contribution in [0.5, 0.6) is 0 Å². The molecule has 5 heteroatoms.